The van der Waals surface area contributed by atoms with Crippen molar-refractivity contribution in [3.8, 4) is 0 Å². The van der Waals surface area contributed by atoms with Crippen LogP contribution in [0.2, 0.25) is 0 Å². The molecule has 0 aromatic rings. The summed E-state index contributed by atoms with van der Waals surface area (Å²) in [4.78, 5) is 36.8. The Hall–Kier alpha value is -1.71. The van der Waals surface area contributed by atoms with E-state index >= 15 is 0 Å². The zero-order valence-electron chi connectivity index (χ0n) is 17.8. The molecule has 0 aromatic heterocycles. The van der Waals surface area contributed by atoms with Crippen LogP contribution in [0.1, 0.15) is 73.1 Å². The number of Topliss-reactive ketones (excluding diaryl/α,β-unsaturated/α-hetero) is 1. The number of fused-ring (bicyclic) bond motifs is 5. The molecule has 0 N–H and O–H groups in total. The highest BCUT2D eigenvalue weighted by Crippen LogP contribution is 2.67. The van der Waals surface area contributed by atoms with Crippen molar-refractivity contribution in [1.82, 2.24) is 0 Å². The van der Waals surface area contributed by atoms with Crippen molar-refractivity contribution in [3.05, 3.63) is 23.3 Å². The van der Waals surface area contributed by atoms with E-state index in [1.807, 2.05) is 6.08 Å². The van der Waals surface area contributed by atoms with Crippen molar-refractivity contribution < 1.29 is 19.1 Å². The molecule has 4 heteroatoms. The summed E-state index contributed by atoms with van der Waals surface area (Å²) in [6, 6.07) is 0. The first-order chi connectivity index (χ1) is 13.0. The highest BCUT2D eigenvalue weighted by Gasteiger charge is 2.67. The van der Waals surface area contributed by atoms with Crippen LogP contribution in [0, 0.1) is 28.6 Å². The number of ether oxygens (including phenoxy) is 1. The molecule has 4 nitrogen and oxygen atoms in total. The first-order valence-corrected chi connectivity index (χ1v) is 10.7. The third-order valence-electron chi connectivity index (χ3n) is 8.84. The molecule has 4 aliphatic carbocycles. The summed E-state index contributed by atoms with van der Waals surface area (Å²) < 4.78 is 5.82. The number of carbonyl (C=O) groups excluding carboxylic acids is 3. The molecule has 152 valence electrons. The maximum atomic E-state index is 12.8. The summed E-state index contributed by atoms with van der Waals surface area (Å²) in [5.74, 6) is 1.03. The fourth-order valence-electron chi connectivity index (χ4n) is 7.48. The van der Waals surface area contributed by atoms with Crippen molar-refractivity contribution in [2.24, 2.45) is 28.6 Å². The van der Waals surface area contributed by atoms with Crippen molar-refractivity contribution >= 4 is 17.5 Å². The number of ketones is 2. The molecule has 0 aromatic carbocycles. The molecule has 2 saturated carbocycles. The first-order valence-electron chi connectivity index (χ1n) is 10.7. The second-order valence-electron chi connectivity index (χ2n) is 10.1. The van der Waals surface area contributed by atoms with Gasteiger partial charge in [-0.25, -0.2) is 0 Å². The lowest BCUT2D eigenvalue weighted by Gasteiger charge is -2.58. The van der Waals surface area contributed by atoms with E-state index in [1.54, 1.807) is 6.92 Å². The lowest BCUT2D eigenvalue weighted by molar-refractivity contribution is -0.185. The van der Waals surface area contributed by atoms with E-state index in [0.29, 0.717) is 30.6 Å². The summed E-state index contributed by atoms with van der Waals surface area (Å²) in [5.41, 5.74) is 1.15. The quantitative estimate of drug-likeness (QED) is 0.654. The molecule has 0 aliphatic heterocycles. The van der Waals surface area contributed by atoms with Crippen molar-refractivity contribution in [2.75, 3.05) is 0 Å². The number of carbonyl (C=O) groups is 3. The third kappa shape index (κ3) is 2.39. The second kappa shape index (κ2) is 6.14. The van der Waals surface area contributed by atoms with Crippen molar-refractivity contribution in [1.29, 1.82) is 0 Å². The van der Waals surface area contributed by atoms with Gasteiger partial charge in [0.15, 0.2) is 17.2 Å². The minimum absolute atomic E-state index is 0.0160. The molecule has 6 atom stereocenters. The van der Waals surface area contributed by atoms with E-state index in [1.165, 1.54) is 18.1 Å². The Bertz CT molecular complexity index is 820. The molecule has 0 spiro atoms. The van der Waals surface area contributed by atoms with Crippen molar-refractivity contribution in [3.63, 3.8) is 0 Å². The molecule has 28 heavy (non-hydrogen) atoms. The standard InChI is InChI=1S/C24H32O4/c1-14-12-18-19(22(4)9-6-17(27)13-21(14)22)7-10-23(5)20(18)8-11-24(23,15(2)25)28-16(3)26/h12-13,18-20H,6-11H2,1-5H3/t18-,19-,20+,22-,23-,24+/m1/s1. The minimum Gasteiger partial charge on any atom is -0.451 e. The maximum absolute atomic E-state index is 12.8. The molecule has 0 amide bonds. The van der Waals surface area contributed by atoms with Crippen LogP contribution in [0.5, 0.6) is 0 Å². The zero-order chi connectivity index (χ0) is 20.5. The van der Waals surface area contributed by atoms with Gasteiger partial charge in [-0.05, 0) is 80.8 Å². The molecule has 4 aliphatic rings. The Morgan fingerprint density at radius 2 is 1.75 bits per heavy atom. The highest BCUT2D eigenvalue weighted by atomic mass is 16.6. The fraction of sp³-hybridized carbons (Fsp3) is 0.708. The molecule has 0 heterocycles. The SMILES string of the molecule is CC(=O)O[C@]1(C(C)=O)CC[C@H]2[C@@H]3C=C(C)C4=CC(=O)CC[C@]4(C)[C@@H]3CC[C@]21C. The van der Waals surface area contributed by atoms with Crippen LogP contribution in [0.4, 0.5) is 0 Å². The Morgan fingerprint density at radius 3 is 2.39 bits per heavy atom. The molecule has 0 unspecified atom stereocenters. The van der Waals surface area contributed by atoms with Crippen LogP contribution in [-0.4, -0.2) is 23.1 Å². The van der Waals surface area contributed by atoms with Gasteiger partial charge in [0.1, 0.15) is 0 Å². The van der Waals surface area contributed by atoms with Gasteiger partial charge < -0.3 is 4.74 Å². The van der Waals surface area contributed by atoms with Crippen LogP contribution in [0.25, 0.3) is 0 Å². The number of rotatable bonds is 2. The number of esters is 1. The predicted octanol–water partition coefficient (Wildman–Crippen LogP) is 4.58. The predicted molar refractivity (Wildman–Crippen MR) is 106 cm³/mol. The summed E-state index contributed by atoms with van der Waals surface area (Å²) in [6.07, 6.45) is 9.20. The molecule has 0 saturated heterocycles. The van der Waals surface area contributed by atoms with Gasteiger partial charge in [-0.3, -0.25) is 14.4 Å². The van der Waals surface area contributed by atoms with Gasteiger partial charge in [0.05, 0.1) is 0 Å². The van der Waals surface area contributed by atoms with E-state index < -0.39 is 5.60 Å². The number of hydrogen-bond acceptors (Lipinski definition) is 4. The summed E-state index contributed by atoms with van der Waals surface area (Å²) >= 11 is 0. The van der Waals surface area contributed by atoms with E-state index in [9.17, 15) is 14.4 Å². The number of hydrogen-bond donors (Lipinski definition) is 0. The normalized spacial score (nSPS) is 44.6. The summed E-state index contributed by atoms with van der Waals surface area (Å²) in [7, 11) is 0. The van der Waals surface area contributed by atoms with E-state index in [-0.39, 0.29) is 28.4 Å². The average Bonchev–Trinajstić information content (AvgIpc) is 2.90. The Balaban J connectivity index is 1.79. The number of allylic oxidation sites excluding steroid dienone is 4. The van der Waals surface area contributed by atoms with Crippen LogP contribution >= 0.6 is 0 Å². The molecule has 4 rings (SSSR count). The third-order valence-corrected chi connectivity index (χ3v) is 8.84. The van der Waals surface area contributed by atoms with Gasteiger partial charge in [-0.2, -0.15) is 0 Å². The molecular formula is C24H32O4. The van der Waals surface area contributed by atoms with E-state index in [0.717, 1.165) is 25.7 Å². The summed E-state index contributed by atoms with van der Waals surface area (Å²) in [6.45, 7) is 9.63. The van der Waals surface area contributed by atoms with E-state index in [2.05, 4.69) is 26.8 Å². The minimum atomic E-state index is -0.990. The van der Waals surface area contributed by atoms with E-state index in [4.69, 9.17) is 4.74 Å². The Kier molecular flexibility index (Phi) is 4.30. The fourth-order valence-corrected chi connectivity index (χ4v) is 7.48. The van der Waals surface area contributed by atoms with Crippen LogP contribution in [0.3, 0.4) is 0 Å². The van der Waals surface area contributed by atoms with Crippen LogP contribution in [-0.2, 0) is 19.1 Å². The second-order valence-corrected chi connectivity index (χ2v) is 10.1. The topological polar surface area (TPSA) is 60.4 Å². The first kappa shape index (κ1) is 19.6. The molecular weight excluding hydrogens is 352 g/mol. The molecule has 0 radical (unpaired) electrons. The lowest BCUT2D eigenvalue weighted by atomic mass is 9.47. The molecule has 2 fully saturated rings. The lowest BCUT2D eigenvalue weighted by Crippen LogP contribution is -2.58. The van der Waals surface area contributed by atoms with Gasteiger partial charge >= 0.3 is 5.97 Å². The monoisotopic (exact) mass is 384 g/mol. The highest BCUT2D eigenvalue weighted by molar-refractivity contribution is 5.92. The van der Waals surface area contributed by atoms with Crippen LogP contribution < -0.4 is 0 Å². The molecule has 0 bridgehead atoms. The van der Waals surface area contributed by atoms with Crippen LogP contribution in [0.15, 0.2) is 23.3 Å². The Labute approximate surface area is 167 Å². The van der Waals surface area contributed by atoms with Gasteiger partial charge in [0.25, 0.3) is 0 Å². The average molecular weight is 385 g/mol. The smallest absolute Gasteiger partial charge is 0.303 e. The van der Waals surface area contributed by atoms with Gasteiger partial charge in [-0.1, -0.05) is 25.5 Å². The summed E-state index contributed by atoms with van der Waals surface area (Å²) in [5, 5.41) is 0. The largest absolute Gasteiger partial charge is 0.451 e. The van der Waals surface area contributed by atoms with Gasteiger partial charge in [0.2, 0.25) is 0 Å². The van der Waals surface area contributed by atoms with Crippen molar-refractivity contribution in [2.45, 2.75) is 78.7 Å². The zero-order valence-corrected chi connectivity index (χ0v) is 17.8. The Morgan fingerprint density at radius 1 is 1.07 bits per heavy atom. The van der Waals surface area contributed by atoms with Gasteiger partial charge in [0, 0.05) is 18.8 Å². The van der Waals surface area contributed by atoms with Gasteiger partial charge in [-0.15, -0.1) is 0 Å². The maximum Gasteiger partial charge on any atom is 0.303 e.